The summed E-state index contributed by atoms with van der Waals surface area (Å²) < 4.78 is 7.09. The number of nitrogens with zero attached hydrogens (tertiary/aromatic N) is 3. The van der Waals surface area contributed by atoms with Gasteiger partial charge in [-0.25, -0.2) is 4.79 Å². The van der Waals surface area contributed by atoms with E-state index in [-0.39, 0.29) is 30.3 Å². The third kappa shape index (κ3) is 3.61. The van der Waals surface area contributed by atoms with Gasteiger partial charge in [0.1, 0.15) is 6.54 Å². The van der Waals surface area contributed by atoms with Gasteiger partial charge in [0.2, 0.25) is 5.91 Å². The van der Waals surface area contributed by atoms with E-state index in [0.717, 1.165) is 31.8 Å². The lowest BCUT2D eigenvalue weighted by Crippen LogP contribution is -2.45. The lowest BCUT2D eigenvalue weighted by atomic mass is 10.1. The van der Waals surface area contributed by atoms with E-state index in [2.05, 4.69) is 22.1 Å². The van der Waals surface area contributed by atoms with E-state index in [0.29, 0.717) is 11.7 Å². The third-order valence-electron chi connectivity index (χ3n) is 4.61. The highest BCUT2D eigenvalue weighted by atomic mass is 16.5. The smallest absolute Gasteiger partial charge is 0.348 e. The second kappa shape index (κ2) is 6.41. The van der Waals surface area contributed by atoms with Gasteiger partial charge in [0.05, 0.1) is 12.7 Å². The Hall–Kier alpha value is -1.73. The fourth-order valence-corrected chi connectivity index (χ4v) is 3.53. The van der Waals surface area contributed by atoms with Gasteiger partial charge < -0.3 is 10.1 Å². The Balaban J connectivity index is 1.59. The van der Waals surface area contributed by atoms with Crippen molar-refractivity contribution in [2.45, 2.75) is 51.9 Å². The molecule has 2 fully saturated rings. The molecule has 3 atom stereocenters. The van der Waals surface area contributed by atoms with E-state index in [1.807, 2.05) is 13.0 Å². The van der Waals surface area contributed by atoms with Crippen molar-refractivity contribution in [3.05, 3.63) is 27.9 Å². The van der Waals surface area contributed by atoms with E-state index in [1.54, 1.807) is 6.92 Å². The standard InChI is InChI=1S/C16H24N4O3/c1-10-4-11(2)20(16(22)17-10)8-15(21)18-13-5-14-9-23-12(3)6-19(14)7-13/h4,12-14H,5-9H2,1-3H3,(H,18,21)/t12-,13-,14-/m0/s1. The molecule has 0 unspecified atom stereocenters. The van der Waals surface area contributed by atoms with Crippen LogP contribution in [-0.4, -0.2) is 58.2 Å². The first-order valence-corrected chi connectivity index (χ1v) is 8.12. The quantitative estimate of drug-likeness (QED) is 0.837. The minimum absolute atomic E-state index is 0.0199. The molecule has 2 aliphatic rings. The normalized spacial score (nSPS) is 27.7. The summed E-state index contributed by atoms with van der Waals surface area (Å²) in [5, 5.41) is 3.04. The van der Waals surface area contributed by atoms with Gasteiger partial charge >= 0.3 is 5.69 Å². The Kier molecular flexibility index (Phi) is 4.50. The molecular formula is C16H24N4O3. The molecule has 0 aromatic carbocycles. The maximum absolute atomic E-state index is 12.3. The van der Waals surface area contributed by atoms with Crippen LogP contribution in [0.2, 0.25) is 0 Å². The van der Waals surface area contributed by atoms with Gasteiger partial charge in [-0.3, -0.25) is 14.3 Å². The predicted octanol–water partition coefficient (Wildman–Crippen LogP) is -0.162. The van der Waals surface area contributed by atoms with Crippen LogP contribution in [0.3, 0.4) is 0 Å². The van der Waals surface area contributed by atoms with Crippen LogP contribution >= 0.6 is 0 Å². The number of aromatic nitrogens is 2. The first-order valence-electron chi connectivity index (χ1n) is 8.12. The molecule has 0 spiro atoms. The molecular weight excluding hydrogens is 296 g/mol. The SMILES string of the molecule is Cc1cc(C)n(CC(=O)N[C@H]2C[C@H]3CO[C@@H](C)CN3C2)c(=O)n1. The molecule has 1 aromatic heterocycles. The fourth-order valence-electron chi connectivity index (χ4n) is 3.53. The molecule has 1 N–H and O–H groups in total. The van der Waals surface area contributed by atoms with Crippen LogP contribution < -0.4 is 11.0 Å². The molecule has 3 heterocycles. The average molecular weight is 320 g/mol. The van der Waals surface area contributed by atoms with Crippen LogP contribution in [0.15, 0.2) is 10.9 Å². The third-order valence-corrected chi connectivity index (χ3v) is 4.61. The van der Waals surface area contributed by atoms with Gasteiger partial charge in [-0.15, -0.1) is 0 Å². The average Bonchev–Trinajstić information content (AvgIpc) is 2.84. The zero-order valence-corrected chi connectivity index (χ0v) is 13.9. The van der Waals surface area contributed by atoms with Crippen LogP contribution in [0.4, 0.5) is 0 Å². The molecule has 2 aliphatic heterocycles. The minimum atomic E-state index is -0.372. The summed E-state index contributed by atoms with van der Waals surface area (Å²) in [4.78, 5) is 30.5. The number of hydrogen-bond acceptors (Lipinski definition) is 5. The summed E-state index contributed by atoms with van der Waals surface area (Å²) in [6.45, 7) is 8.18. The topological polar surface area (TPSA) is 76.5 Å². The number of nitrogens with one attached hydrogen (secondary N) is 1. The molecule has 126 valence electrons. The Bertz CT molecular complexity index is 657. The van der Waals surface area contributed by atoms with Gasteiger partial charge in [0.25, 0.3) is 0 Å². The van der Waals surface area contributed by atoms with Crippen molar-refractivity contribution < 1.29 is 9.53 Å². The van der Waals surface area contributed by atoms with Gasteiger partial charge in [0.15, 0.2) is 0 Å². The summed E-state index contributed by atoms with van der Waals surface area (Å²) in [5.74, 6) is -0.139. The first kappa shape index (κ1) is 16.1. The minimum Gasteiger partial charge on any atom is -0.376 e. The fraction of sp³-hybridized carbons (Fsp3) is 0.688. The number of morpholine rings is 1. The number of ether oxygens (including phenoxy) is 1. The number of hydrogen-bond donors (Lipinski definition) is 1. The summed E-state index contributed by atoms with van der Waals surface area (Å²) in [7, 11) is 0. The van der Waals surface area contributed by atoms with E-state index in [1.165, 1.54) is 4.57 Å². The number of fused-ring (bicyclic) bond motifs is 1. The van der Waals surface area contributed by atoms with Gasteiger partial charge in [-0.05, 0) is 33.3 Å². The Morgan fingerprint density at radius 3 is 2.96 bits per heavy atom. The van der Waals surface area contributed by atoms with E-state index >= 15 is 0 Å². The second-order valence-corrected chi connectivity index (χ2v) is 6.66. The highest BCUT2D eigenvalue weighted by Gasteiger charge is 2.36. The summed E-state index contributed by atoms with van der Waals surface area (Å²) in [6.07, 6.45) is 1.15. The number of aryl methyl sites for hydroxylation is 2. The molecule has 0 radical (unpaired) electrons. The number of carbonyl (C=O) groups is 1. The highest BCUT2D eigenvalue weighted by molar-refractivity contribution is 5.76. The lowest BCUT2D eigenvalue weighted by Gasteiger charge is -2.33. The van der Waals surface area contributed by atoms with Crippen molar-refractivity contribution in [1.82, 2.24) is 19.8 Å². The van der Waals surface area contributed by atoms with Crippen LogP contribution in [0.5, 0.6) is 0 Å². The number of rotatable bonds is 3. The first-order chi connectivity index (χ1) is 10.9. The van der Waals surface area contributed by atoms with Crippen LogP contribution in [0.1, 0.15) is 24.7 Å². The van der Waals surface area contributed by atoms with Crippen LogP contribution in [0, 0.1) is 13.8 Å². The molecule has 1 aromatic rings. The van der Waals surface area contributed by atoms with Gasteiger partial charge in [-0.1, -0.05) is 0 Å². The molecule has 0 aliphatic carbocycles. The van der Waals surface area contributed by atoms with Crippen molar-refractivity contribution in [3.8, 4) is 0 Å². The monoisotopic (exact) mass is 320 g/mol. The van der Waals surface area contributed by atoms with Crippen molar-refractivity contribution in [2.24, 2.45) is 0 Å². The van der Waals surface area contributed by atoms with E-state index in [4.69, 9.17) is 4.74 Å². The zero-order valence-electron chi connectivity index (χ0n) is 13.9. The molecule has 3 rings (SSSR count). The molecule has 0 saturated carbocycles. The number of carbonyl (C=O) groups excluding carboxylic acids is 1. The molecule has 2 saturated heterocycles. The van der Waals surface area contributed by atoms with Crippen molar-refractivity contribution >= 4 is 5.91 Å². The Morgan fingerprint density at radius 2 is 2.22 bits per heavy atom. The van der Waals surface area contributed by atoms with Crippen LogP contribution in [-0.2, 0) is 16.1 Å². The van der Waals surface area contributed by atoms with Crippen molar-refractivity contribution in [1.29, 1.82) is 0 Å². The Morgan fingerprint density at radius 1 is 1.43 bits per heavy atom. The van der Waals surface area contributed by atoms with E-state index < -0.39 is 0 Å². The zero-order chi connectivity index (χ0) is 16.6. The lowest BCUT2D eigenvalue weighted by molar-refractivity contribution is -0.122. The molecule has 1 amide bonds. The molecule has 23 heavy (non-hydrogen) atoms. The molecule has 7 nitrogen and oxygen atoms in total. The molecule has 7 heteroatoms. The maximum atomic E-state index is 12.3. The maximum Gasteiger partial charge on any atom is 0.348 e. The highest BCUT2D eigenvalue weighted by Crippen LogP contribution is 2.23. The summed E-state index contributed by atoms with van der Waals surface area (Å²) in [5.41, 5.74) is 1.05. The summed E-state index contributed by atoms with van der Waals surface area (Å²) in [6, 6.07) is 2.32. The van der Waals surface area contributed by atoms with Crippen molar-refractivity contribution in [2.75, 3.05) is 19.7 Å². The van der Waals surface area contributed by atoms with Crippen LogP contribution in [0.25, 0.3) is 0 Å². The van der Waals surface area contributed by atoms with Gasteiger partial charge in [0, 0.05) is 36.6 Å². The number of amides is 1. The van der Waals surface area contributed by atoms with Crippen molar-refractivity contribution in [3.63, 3.8) is 0 Å². The predicted molar refractivity (Wildman–Crippen MR) is 85.3 cm³/mol. The summed E-state index contributed by atoms with van der Waals surface area (Å²) >= 11 is 0. The van der Waals surface area contributed by atoms with Gasteiger partial charge in [-0.2, -0.15) is 4.98 Å². The molecule has 0 bridgehead atoms. The largest absolute Gasteiger partial charge is 0.376 e. The van der Waals surface area contributed by atoms with E-state index in [9.17, 15) is 9.59 Å². The second-order valence-electron chi connectivity index (χ2n) is 6.66. The Labute approximate surface area is 135 Å².